The van der Waals surface area contributed by atoms with E-state index in [0.717, 1.165) is 24.4 Å². The zero-order valence-corrected chi connectivity index (χ0v) is 12.5. The molecule has 0 bridgehead atoms. The predicted molar refractivity (Wildman–Crippen MR) is 76.4 cm³/mol. The summed E-state index contributed by atoms with van der Waals surface area (Å²) in [4.78, 5) is 2.46. The van der Waals surface area contributed by atoms with Gasteiger partial charge in [-0.3, -0.25) is 0 Å². The molecule has 3 atom stereocenters. The van der Waals surface area contributed by atoms with Crippen LogP contribution in [0.15, 0.2) is 0 Å². The van der Waals surface area contributed by atoms with Gasteiger partial charge in [0.05, 0.1) is 0 Å². The zero-order valence-electron chi connectivity index (χ0n) is 12.5. The van der Waals surface area contributed by atoms with Crippen molar-refractivity contribution in [3.63, 3.8) is 0 Å². The molecule has 0 aromatic carbocycles. The number of likely N-dealkylation sites (N-methyl/N-ethyl adjacent to an activating group) is 1. The van der Waals surface area contributed by atoms with Gasteiger partial charge in [0.15, 0.2) is 0 Å². The summed E-state index contributed by atoms with van der Waals surface area (Å²) in [6, 6.07) is 1.47. The van der Waals surface area contributed by atoms with Crippen LogP contribution in [0, 0.1) is 11.8 Å². The quantitative estimate of drug-likeness (QED) is 0.767. The Balaban J connectivity index is 2.17. The van der Waals surface area contributed by atoms with E-state index in [4.69, 9.17) is 0 Å². The fourth-order valence-electron chi connectivity index (χ4n) is 3.09. The second-order valence-electron chi connectivity index (χ2n) is 6.31. The van der Waals surface area contributed by atoms with Gasteiger partial charge in [-0.05, 0) is 51.5 Å². The van der Waals surface area contributed by atoms with Gasteiger partial charge in [0.1, 0.15) is 0 Å². The lowest BCUT2D eigenvalue weighted by atomic mass is 9.80. The molecule has 0 radical (unpaired) electrons. The molecule has 0 aromatic heterocycles. The van der Waals surface area contributed by atoms with Crippen LogP contribution in [-0.4, -0.2) is 37.1 Å². The van der Waals surface area contributed by atoms with Crippen molar-refractivity contribution >= 4 is 0 Å². The molecule has 0 heterocycles. The Morgan fingerprint density at radius 1 is 1.18 bits per heavy atom. The molecule has 1 N–H and O–H groups in total. The summed E-state index contributed by atoms with van der Waals surface area (Å²) in [5.74, 6) is 1.81. The van der Waals surface area contributed by atoms with Crippen LogP contribution in [0.4, 0.5) is 0 Å². The van der Waals surface area contributed by atoms with E-state index in [9.17, 15) is 0 Å². The van der Waals surface area contributed by atoms with E-state index in [1.54, 1.807) is 0 Å². The van der Waals surface area contributed by atoms with Gasteiger partial charge in [0.25, 0.3) is 0 Å². The fraction of sp³-hybridized carbons (Fsp3) is 1.00. The summed E-state index contributed by atoms with van der Waals surface area (Å²) < 4.78 is 0. The summed E-state index contributed by atoms with van der Waals surface area (Å²) in [6.07, 6.45) is 5.41. The van der Waals surface area contributed by atoms with E-state index in [1.807, 2.05) is 0 Å². The highest BCUT2D eigenvalue weighted by atomic mass is 15.1. The summed E-state index contributed by atoms with van der Waals surface area (Å²) >= 11 is 0. The molecule has 0 saturated heterocycles. The number of hydrogen-bond acceptors (Lipinski definition) is 2. The Bertz CT molecular complexity index is 195. The normalized spacial score (nSPS) is 31.8. The molecule has 2 nitrogen and oxygen atoms in total. The molecule has 17 heavy (non-hydrogen) atoms. The fourth-order valence-corrected chi connectivity index (χ4v) is 3.09. The van der Waals surface area contributed by atoms with Crippen molar-refractivity contribution in [3.8, 4) is 0 Å². The van der Waals surface area contributed by atoms with Crippen LogP contribution in [0.3, 0.4) is 0 Å². The van der Waals surface area contributed by atoms with E-state index in [1.165, 1.54) is 32.2 Å². The first kappa shape index (κ1) is 15.0. The lowest BCUT2D eigenvalue weighted by Gasteiger charge is -2.33. The van der Waals surface area contributed by atoms with Gasteiger partial charge in [0.2, 0.25) is 0 Å². The lowest BCUT2D eigenvalue weighted by molar-refractivity contribution is 0.215. The largest absolute Gasteiger partial charge is 0.313 e. The van der Waals surface area contributed by atoms with Gasteiger partial charge in [0, 0.05) is 25.2 Å². The Labute approximate surface area is 108 Å². The van der Waals surface area contributed by atoms with Crippen LogP contribution < -0.4 is 5.32 Å². The van der Waals surface area contributed by atoms with Crippen LogP contribution in [0.25, 0.3) is 0 Å². The molecule has 0 aromatic rings. The molecule has 0 aliphatic heterocycles. The van der Waals surface area contributed by atoms with Crippen molar-refractivity contribution in [2.45, 2.75) is 65.5 Å². The average molecular weight is 240 g/mol. The van der Waals surface area contributed by atoms with Crippen molar-refractivity contribution < 1.29 is 0 Å². The Kier molecular flexibility index (Phi) is 6.50. The van der Waals surface area contributed by atoms with Crippen LogP contribution in [0.2, 0.25) is 0 Å². The number of rotatable bonds is 6. The third kappa shape index (κ3) is 5.39. The van der Waals surface area contributed by atoms with Crippen LogP contribution >= 0.6 is 0 Å². The van der Waals surface area contributed by atoms with Crippen molar-refractivity contribution in [3.05, 3.63) is 0 Å². The maximum absolute atomic E-state index is 3.75. The Hall–Kier alpha value is -0.0800. The molecular weight excluding hydrogens is 208 g/mol. The van der Waals surface area contributed by atoms with Crippen LogP contribution in [0.1, 0.15) is 53.4 Å². The van der Waals surface area contributed by atoms with Crippen molar-refractivity contribution in [2.24, 2.45) is 11.8 Å². The number of hydrogen-bond donors (Lipinski definition) is 1. The van der Waals surface area contributed by atoms with Crippen molar-refractivity contribution in [1.29, 1.82) is 0 Å². The molecule has 1 aliphatic carbocycles. The molecule has 1 fully saturated rings. The Morgan fingerprint density at radius 3 is 2.29 bits per heavy atom. The van der Waals surface area contributed by atoms with Gasteiger partial charge >= 0.3 is 0 Å². The average Bonchev–Trinajstić information content (AvgIpc) is 2.26. The first-order valence-corrected chi connectivity index (χ1v) is 7.46. The van der Waals surface area contributed by atoms with Gasteiger partial charge < -0.3 is 10.2 Å². The first-order valence-electron chi connectivity index (χ1n) is 7.46. The minimum absolute atomic E-state index is 0.709. The van der Waals surface area contributed by atoms with Gasteiger partial charge in [-0.2, -0.15) is 0 Å². The van der Waals surface area contributed by atoms with Crippen molar-refractivity contribution in [2.75, 3.05) is 20.1 Å². The molecule has 1 saturated carbocycles. The molecular formula is C15H32N2. The Morgan fingerprint density at radius 2 is 1.76 bits per heavy atom. The number of nitrogens with zero attached hydrogens (tertiary/aromatic N) is 1. The maximum Gasteiger partial charge on any atom is 0.0107 e. The first-order chi connectivity index (χ1) is 8.02. The van der Waals surface area contributed by atoms with E-state index >= 15 is 0 Å². The smallest absolute Gasteiger partial charge is 0.0107 e. The van der Waals surface area contributed by atoms with E-state index in [-0.39, 0.29) is 0 Å². The summed E-state index contributed by atoms with van der Waals surface area (Å²) in [5, 5.41) is 3.75. The molecule has 102 valence electrons. The SMILES string of the molecule is CCC(C)N(C)CCNC1CC(C)CC(C)C1. The summed E-state index contributed by atoms with van der Waals surface area (Å²) in [6.45, 7) is 11.7. The molecule has 0 amide bonds. The van der Waals surface area contributed by atoms with Crippen LogP contribution in [-0.2, 0) is 0 Å². The number of nitrogens with one attached hydrogen (secondary N) is 1. The molecule has 3 unspecified atom stereocenters. The summed E-state index contributed by atoms with van der Waals surface area (Å²) in [5.41, 5.74) is 0. The standard InChI is InChI=1S/C15H32N2/c1-6-14(4)17(5)8-7-16-15-10-12(2)9-13(3)11-15/h12-16H,6-11H2,1-5H3. The highest BCUT2D eigenvalue weighted by Gasteiger charge is 2.23. The second kappa shape index (κ2) is 7.38. The second-order valence-corrected chi connectivity index (χ2v) is 6.31. The minimum Gasteiger partial charge on any atom is -0.313 e. The maximum atomic E-state index is 3.75. The monoisotopic (exact) mass is 240 g/mol. The topological polar surface area (TPSA) is 15.3 Å². The third-order valence-corrected chi connectivity index (χ3v) is 4.42. The highest BCUT2D eigenvalue weighted by molar-refractivity contribution is 4.79. The van der Waals surface area contributed by atoms with Gasteiger partial charge in [-0.1, -0.05) is 20.8 Å². The minimum atomic E-state index is 0.709. The molecule has 0 spiro atoms. The highest BCUT2D eigenvalue weighted by Crippen LogP contribution is 2.28. The molecule has 1 aliphatic rings. The molecule has 1 rings (SSSR count). The van der Waals surface area contributed by atoms with Crippen LogP contribution in [0.5, 0.6) is 0 Å². The van der Waals surface area contributed by atoms with Crippen molar-refractivity contribution in [1.82, 2.24) is 10.2 Å². The van der Waals surface area contributed by atoms with E-state index in [2.05, 4.69) is 45.0 Å². The molecule has 2 heteroatoms. The van der Waals surface area contributed by atoms with E-state index in [0.29, 0.717) is 6.04 Å². The predicted octanol–water partition coefficient (Wildman–Crippen LogP) is 3.13. The van der Waals surface area contributed by atoms with Gasteiger partial charge in [-0.25, -0.2) is 0 Å². The van der Waals surface area contributed by atoms with E-state index < -0.39 is 0 Å². The van der Waals surface area contributed by atoms with Gasteiger partial charge in [-0.15, -0.1) is 0 Å². The lowest BCUT2D eigenvalue weighted by Crippen LogP contribution is -2.41. The zero-order chi connectivity index (χ0) is 12.8. The summed E-state index contributed by atoms with van der Waals surface area (Å²) in [7, 11) is 2.24. The third-order valence-electron chi connectivity index (χ3n) is 4.42.